The molecule has 0 aromatic carbocycles. The quantitative estimate of drug-likeness (QED) is 0.745. The highest BCUT2D eigenvalue weighted by Crippen LogP contribution is 2.48. The molecule has 0 radical (unpaired) electrons. The van der Waals surface area contributed by atoms with Crippen LogP contribution in [0.25, 0.3) is 0 Å². The lowest BCUT2D eigenvalue weighted by Gasteiger charge is -2.64. The van der Waals surface area contributed by atoms with Gasteiger partial charge in [0.15, 0.2) is 0 Å². The summed E-state index contributed by atoms with van der Waals surface area (Å²) in [7, 11) is 0. The van der Waals surface area contributed by atoms with E-state index in [0.717, 1.165) is 26.2 Å². The molecule has 4 saturated heterocycles. The molecule has 4 heterocycles. The van der Waals surface area contributed by atoms with E-state index >= 15 is 0 Å². The first-order valence-electron chi connectivity index (χ1n) is 7.02. The number of unbranched alkanes of at least 4 members (excludes halogenated alkanes) is 1. The first-order valence-corrected chi connectivity index (χ1v) is 7.02. The van der Waals surface area contributed by atoms with E-state index in [4.69, 9.17) is 0 Å². The molecule has 0 amide bonds. The number of carbonyl (C=O) groups is 1. The van der Waals surface area contributed by atoms with Crippen LogP contribution in [0.3, 0.4) is 0 Å². The van der Waals surface area contributed by atoms with Crippen LogP contribution in [0, 0.1) is 10.8 Å². The van der Waals surface area contributed by atoms with Gasteiger partial charge in [-0.25, -0.2) is 0 Å². The molecule has 3 nitrogen and oxygen atoms in total. The lowest BCUT2D eigenvalue weighted by molar-refractivity contribution is -0.196. The number of hydrogen-bond donors (Lipinski definition) is 0. The van der Waals surface area contributed by atoms with Crippen LogP contribution in [0.2, 0.25) is 0 Å². The topological polar surface area (TPSA) is 23.6 Å². The third-order valence-electron chi connectivity index (χ3n) is 4.96. The Bertz CT molecular complexity index is 312. The molecule has 0 atom stereocenters. The van der Waals surface area contributed by atoms with Crippen LogP contribution in [0.5, 0.6) is 0 Å². The Kier molecular flexibility index (Phi) is 2.43. The summed E-state index contributed by atoms with van der Waals surface area (Å²) in [6.45, 7) is 10.6. The van der Waals surface area contributed by atoms with Gasteiger partial charge in [0.25, 0.3) is 0 Å². The summed E-state index contributed by atoms with van der Waals surface area (Å²) in [5, 5.41) is 0. The van der Waals surface area contributed by atoms with Gasteiger partial charge in [-0.05, 0) is 6.42 Å². The Morgan fingerprint density at radius 3 is 2.00 bits per heavy atom. The number of rotatable bonds is 3. The van der Waals surface area contributed by atoms with E-state index in [1.54, 1.807) is 0 Å². The van der Waals surface area contributed by atoms with Crippen molar-refractivity contribution in [1.82, 2.24) is 9.80 Å². The van der Waals surface area contributed by atoms with E-state index in [-0.39, 0.29) is 10.8 Å². The minimum absolute atomic E-state index is 0.0893. The third kappa shape index (κ3) is 1.52. The second kappa shape index (κ2) is 3.55. The molecule has 4 rings (SSSR count). The molecular formula is C14H24N2O. The molecular weight excluding hydrogens is 212 g/mol. The molecule has 96 valence electrons. The minimum atomic E-state index is -0.0893. The summed E-state index contributed by atoms with van der Waals surface area (Å²) in [5.74, 6) is 0.520. The average Bonchev–Trinajstić information content (AvgIpc) is 2.23. The van der Waals surface area contributed by atoms with Crippen LogP contribution >= 0.6 is 0 Å². The van der Waals surface area contributed by atoms with Gasteiger partial charge >= 0.3 is 0 Å². The molecule has 0 aromatic heterocycles. The van der Waals surface area contributed by atoms with Gasteiger partial charge in [0.2, 0.25) is 0 Å². The van der Waals surface area contributed by atoms with E-state index in [0.29, 0.717) is 11.9 Å². The number of piperidine rings is 2. The summed E-state index contributed by atoms with van der Waals surface area (Å²) in [5.41, 5.74) is -0.179. The molecule has 4 aliphatic rings. The first-order chi connectivity index (χ1) is 7.98. The molecule has 0 aliphatic carbocycles. The Labute approximate surface area is 104 Å². The van der Waals surface area contributed by atoms with Crippen molar-refractivity contribution in [2.75, 3.05) is 26.2 Å². The fourth-order valence-corrected chi connectivity index (χ4v) is 4.42. The molecule has 0 saturated carbocycles. The van der Waals surface area contributed by atoms with Crippen molar-refractivity contribution in [3.8, 4) is 0 Å². The van der Waals surface area contributed by atoms with Gasteiger partial charge in [0.1, 0.15) is 5.78 Å². The molecule has 0 N–H and O–H groups in total. The van der Waals surface area contributed by atoms with E-state index in [1.807, 2.05) is 0 Å². The summed E-state index contributed by atoms with van der Waals surface area (Å²) in [6, 6.07) is 0. The van der Waals surface area contributed by atoms with Gasteiger partial charge in [0, 0.05) is 26.2 Å². The Morgan fingerprint density at radius 2 is 1.59 bits per heavy atom. The second-order valence-electron chi connectivity index (χ2n) is 6.88. The van der Waals surface area contributed by atoms with Gasteiger partial charge in [-0.15, -0.1) is 0 Å². The average molecular weight is 236 g/mol. The van der Waals surface area contributed by atoms with Gasteiger partial charge in [-0.3, -0.25) is 14.6 Å². The summed E-state index contributed by atoms with van der Waals surface area (Å²) < 4.78 is 0. The van der Waals surface area contributed by atoms with Crippen LogP contribution in [-0.4, -0.2) is 47.9 Å². The normalized spacial score (nSPS) is 52.2. The first kappa shape index (κ1) is 11.7. The van der Waals surface area contributed by atoms with Gasteiger partial charge in [-0.2, -0.15) is 0 Å². The van der Waals surface area contributed by atoms with E-state index < -0.39 is 0 Å². The number of Topliss-reactive ketones (excluding diaryl/α,β-unsaturated/α-hetero) is 1. The summed E-state index contributed by atoms with van der Waals surface area (Å²) >= 11 is 0. The van der Waals surface area contributed by atoms with Crippen molar-refractivity contribution in [1.29, 1.82) is 0 Å². The maximum absolute atomic E-state index is 12.5. The lowest BCUT2D eigenvalue weighted by Crippen LogP contribution is -2.78. The Morgan fingerprint density at radius 1 is 1.12 bits per heavy atom. The highest BCUT2D eigenvalue weighted by atomic mass is 16.1. The molecule has 17 heavy (non-hydrogen) atoms. The van der Waals surface area contributed by atoms with Crippen LogP contribution < -0.4 is 0 Å². The van der Waals surface area contributed by atoms with Gasteiger partial charge in [0.05, 0.1) is 17.0 Å². The predicted molar refractivity (Wildman–Crippen MR) is 67.7 cm³/mol. The molecule has 4 bridgehead atoms. The van der Waals surface area contributed by atoms with Crippen LogP contribution in [0.4, 0.5) is 0 Å². The van der Waals surface area contributed by atoms with Gasteiger partial charge < -0.3 is 0 Å². The van der Waals surface area contributed by atoms with Crippen molar-refractivity contribution in [2.45, 2.75) is 46.2 Å². The zero-order chi connectivity index (χ0) is 12.3. The van der Waals surface area contributed by atoms with E-state index in [1.165, 1.54) is 19.3 Å². The Balaban J connectivity index is 1.85. The largest absolute Gasteiger partial charge is 0.298 e. The standard InChI is InChI=1S/C14H24N2O/c1-4-5-6-11-15-7-13(2)8-16(11)10-14(3,9-15)12(13)17/h11H,4-10H2,1-3H3. The highest BCUT2D eigenvalue weighted by molar-refractivity contribution is 5.92. The predicted octanol–water partition coefficient (Wildman–Crippen LogP) is 1.73. The number of hydrogen-bond acceptors (Lipinski definition) is 3. The smallest absolute Gasteiger partial charge is 0.149 e. The zero-order valence-corrected chi connectivity index (χ0v) is 11.3. The van der Waals surface area contributed by atoms with Crippen molar-refractivity contribution in [3.63, 3.8) is 0 Å². The minimum Gasteiger partial charge on any atom is -0.298 e. The number of carbonyl (C=O) groups excluding carboxylic acids is 1. The maximum atomic E-state index is 12.5. The second-order valence-corrected chi connectivity index (χ2v) is 6.88. The van der Waals surface area contributed by atoms with E-state index in [9.17, 15) is 4.79 Å². The molecule has 0 aromatic rings. The van der Waals surface area contributed by atoms with Crippen molar-refractivity contribution >= 4 is 5.78 Å². The lowest BCUT2D eigenvalue weighted by atomic mass is 9.62. The van der Waals surface area contributed by atoms with Crippen LogP contribution in [0.1, 0.15) is 40.0 Å². The SMILES string of the molecule is CCCCC1N2CC3(C)CN1CC(C)(C2)C3=O. The fourth-order valence-electron chi connectivity index (χ4n) is 4.42. The van der Waals surface area contributed by atoms with Crippen LogP contribution in [0.15, 0.2) is 0 Å². The maximum Gasteiger partial charge on any atom is 0.149 e. The van der Waals surface area contributed by atoms with Crippen molar-refractivity contribution < 1.29 is 4.79 Å². The third-order valence-corrected chi connectivity index (χ3v) is 4.96. The monoisotopic (exact) mass is 236 g/mol. The number of nitrogens with zero attached hydrogens (tertiary/aromatic N) is 2. The number of ketones is 1. The molecule has 0 unspecified atom stereocenters. The molecule has 0 spiro atoms. The van der Waals surface area contributed by atoms with Crippen molar-refractivity contribution in [2.24, 2.45) is 10.8 Å². The Hall–Kier alpha value is -0.410. The molecule has 3 heteroatoms. The zero-order valence-electron chi connectivity index (χ0n) is 11.3. The molecule has 4 fully saturated rings. The van der Waals surface area contributed by atoms with E-state index in [2.05, 4.69) is 30.6 Å². The van der Waals surface area contributed by atoms with Crippen molar-refractivity contribution in [3.05, 3.63) is 0 Å². The summed E-state index contributed by atoms with van der Waals surface area (Å²) in [4.78, 5) is 17.6. The fraction of sp³-hybridized carbons (Fsp3) is 0.929. The highest BCUT2D eigenvalue weighted by Gasteiger charge is 2.61. The van der Waals surface area contributed by atoms with Crippen LogP contribution in [-0.2, 0) is 4.79 Å². The van der Waals surface area contributed by atoms with Gasteiger partial charge in [-0.1, -0.05) is 33.6 Å². The summed E-state index contributed by atoms with van der Waals surface area (Å²) in [6.07, 6.45) is 4.46. The molecule has 4 aliphatic heterocycles.